The van der Waals surface area contributed by atoms with Crippen LogP contribution in [0.4, 0.5) is 5.69 Å². The van der Waals surface area contributed by atoms with Gasteiger partial charge < -0.3 is 4.90 Å². The number of carbonyl (C=O) groups excluding carboxylic acids is 3. The molecule has 5 nitrogen and oxygen atoms in total. The van der Waals surface area contributed by atoms with E-state index in [1.165, 1.54) is 0 Å². The van der Waals surface area contributed by atoms with Crippen LogP contribution < -0.4 is 10.2 Å². The first-order valence-corrected chi connectivity index (χ1v) is 10.0. The van der Waals surface area contributed by atoms with Gasteiger partial charge in [0.1, 0.15) is 6.04 Å². The van der Waals surface area contributed by atoms with Gasteiger partial charge in [-0.05, 0) is 35.9 Å². The second-order valence-corrected chi connectivity index (χ2v) is 8.53. The number of nitrogens with one attached hydrogen (secondary N) is 1. The molecule has 2 fully saturated rings. The third kappa shape index (κ3) is 2.48. The Morgan fingerprint density at radius 2 is 1.75 bits per heavy atom. The summed E-state index contributed by atoms with van der Waals surface area (Å²) in [5.74, 6) is -2.19. The molecule has 0 spiro atoms. The summed E-state index contributed by atoms with van der Waals surface area (Å²) < 4.78 is 0.862. The van der Waals surface area contributed by atoms with Crippen LogP contribution in [0.5, 0.6) is 0 Å². The lowest BCUT2D eigenvalue weighted by Crippen LogP contribution is -2.47. The van der Waals surface area contributed by atoms with Crippen molar-refractivity contribution in [2.45, 2.75) is 12.1 Å². The van der Waals surface area contributed by atoms with Crippen molar-refractivity contribution in [3.8, 4) is 0 Å². The van der Waals surface area contributed by atoms with Crippen molar-refractivity contribution in [2.75, 3.05) is 4.90 Å². The van der Waals surface area contributed by atoms with Crippen molar-refractivity contribution in [1.29, 1.82) is 0 Å². The molecule has 4 atom stereocenters. The van der Waals surface area contributed by atoms with Crippen LogP contribution >= 0.6 is 27.5 Å². The highest BCUT2D eigenvalue weighted by Gasteiger charge is 2.61. The minimum atomic E-state index is -0.757. The first-order chi connectivity index (χ1) is 13.5. The molecular weight excluding hydrogens is 444 g/mol. The minimum absolute atomic E-state index is 0.175. The third-order valence-electron chi connectivity index (χ3n) is 5.71. The molecular formula is C21H14BrClN2O3. The van der Waals surface area contributed by atoms with E-state index in [2.05, 4.69) is 21.2 Å². The molecule has 2 aromatic rings. The Labute approximate surface area is 174 Å². The molecule has 2 aromatic carbocycles. The molecule has 3 aliphatic heterocycles. The van der Waals surface area contributed by atoms with Gasteiger partial charge in [-0.3, -0.25) is 19.7 Å². The number of rotatable bonds is 2. The van der Waals surface area contributed by atoms with Crippen molar-refractivity contribution in [3.63, 3.8) is 0 Å². The van der Waals surface area contributed by atoms with Gasteiger partial charge in [-0.2, -0.15) is 0 Å². The van der Waals surface area contributed by atoms with E-state index < -0.39 is 17.9 Å². The highest BCUT2D eigenvalue weighted by Crippen LogP contribution is 2.47. The van der Waals surface area contributed by atoms with Crippen LogP contribution in [0.3, 0.4) is 0 Å². The second-order valence-electron chi connectivity index (χ2n) is 7.18. The Kier molecular flexibility index (Phi) is 3.96. The molecule has 5 rings (SSSR count). The van der Waals surface area contributed by atoms with Crippen molar-refractivity contribution in [3.05, 3.63) is 69.2 Å². The number of anilines is 1. The van der Waals surface area contributed by atoms with E-state index >= 15 is 0 Å². The first-order valence-electron chi connectivity index (χ1n) is 8.86. The molecule has 7 heteroatoms. The maximum absolute atomic E-state index is 13.5. The van der Waals surface area contributed by atoms with Gasteiger partial charge in [-0.25, -0.2) is 0 Å². The van der Waals surface area contributed by atoms with Gasteiger partial charge in [0.15, 0.2) is 5.78 Å². The number of Topliss-reactive ketones (excluding diaryl/α,β-unsaturated/α-hetero) is 1. The molecule has 2 saturated heterocycles. The predicted molar refractivity (Wildman–Crippen MR) is 109 cm³/mol. The number of nitrogens with zero attached hydrogens (tertiary/aromatic N) is 1. The first kappa shape index (κ1) is 17.6. The lowest BCUT2D eigenvalue weighted by Gasteiger charge is -2.35. The number of hydrogen-bond donors (Lipinski definition) is 1. The highest BCUT2D eigenvalue weighted by molar-refractivity contribution is 9.10. The summed E-state index contributed by atoms with van der Waals surface area (Å²) in [5.41, 5.74) is 2.18. The molecule has 2 amide bonds. The summed E-state index contributed by atoms with van der Waals surface area (Å²) in [6, 6.07) is 11.4. The highest BCUT2D eigenvalue weighted by atomic mass is 79.9. The quantitative estimate of drug-likeness (QED) is 0.554. The van der Waals surface area contributed by atoms with Crippen LogP contribution in [0.2, 0.25) is 5.02 Å². The molecule has 0 saturated carbocycles. The zero-order valence-corrected chi connectivity index (χ0v) is 16.8. The topological polar surface area (TPSA) is 66.5 Å². The average molecular weight is 458 g/mol. The Bertz CT molecular complexity index is 1070. The molecule has 0 bridgehead atoms. The van der Waals surface area contributed by atoms with E-state index in [4.69, 9.17) is 11.6 Å². The summed E-state index contributed by atoms with van der Waals surface area (Å²) in [6.45, 7) is 0. The maximum Gasteiger partial charge on any atom is 0.233 e. The van der Waals surface area contributed by atoms with Gasteiger partial charge >= 0.3 is 0 Å². The number of ketones is 1. The zero-order valence-electron chi connectivity index (χ0n) is 14.4. The Morgan fingerprint density at radius 1 is 1.04 bits per heavy atom. The van der Waals surface area contributed by atoms with Crippen molar-refractivity contribution in [2.24, 2.45) is 11.8 Å². The normalized spacial score (nSPS) is 27.3. The summed E-state index contributed by atoms with van der Waals surface area (Å²) in [6.07, 6.45) is 3.80. The van der Waals surface area contributed by atoms with Gasteiger partial charge in [0.05, 0.1) is 17.9 Å². The number of halogens is 2. The van der Waals surface area contributed by atoms with E-state index in [0.29, 0.717) is 10.6 Å². The van der Waals surface area contributed by atoms with Crippen LogP contribution in [-0.4, -0.2) is 29.7 Å². The van der Waals surface area contributed by atoms with Gasteiger partial charge in [0, 0.05) is 20.7 Å². The minimum Gasteiger partial charge on any atom is -0.352 e. The van der Waals surface area contributed by atoms with Crippen LogP contribution in [-0.2, 0) is 9.59 Å². The van der Waals surface area contributed by atoms with Gasteiger partial charge in [0.25, 0.3) is 0 Å². The van der Waals surface area contributed by atoms with E-state index in [1.807, 2.05) is 29.2 Å². The van der Waals surface area contributed by atoms with Gasteiger partial charge in [-0.1, -0.05) is 51.8 Å². The fraction of sp³-hybridized carbons (Fsp3) is 0.190. The molecule has 0 aromatic heterocycles. The smallest absolute Gasteiger partial charge is 0.233 e. The lowest BCUT2D eigenvalue weighted by atomic mass is 9.86. The number of carbonyl (C=O) groups is 3. The number of benzene rings is 2. The van der Waals surface area contributed by atoms with Crippen LogP contribution in [0, 0.1) is 11.8 Å². The summed E-state index contributed by atoms with van der Waals surface area (Å²) in [4.78, 5) is 40.5. The predicted octanol–water partition coefficient (Wildman–Crippen LogP) is 3.46. The fourth-order valence-electron chi connectivity index (χ4n) is 4.55. The molecule has 3 heterocycles. The lowest BCUT2D eigenvalue weighted by molar-refractivity contribution is -0.126. The molecule has 0 unspecified atom stereocenters. The SMILES string of the molecule is O=C1NC(=O)[C@H]2[C@@H]1[C@@H](C(=O)c1ccc(Br)cc1)N1c3ccc(Cl)cc3C=C[C@H]21. The molecule has 3 aliphatic rings. The van der Waals surface area contributed by atoms with Crippen molar-refractivity contribution in [1.82, 2.24) is 5.32 Å². The Morgan fingerprint density at radius 3 is 2.50 bits per heavy atom. The number of fused-ring (bicyclic) bond motifs is 5. The largest absolute Gasteiger partial charge is 0.352 e. The summed E-state index contributed by atoms with van der Waals surface area (Å²) >= 11 is 9.50. The van der Waals surface area contributed by atoms with Crippen molar-refractivity contribution < 1.29 is 14.4 Å². The van der Waals surface area contributed by atoms with E-state index in [9.17, 15) is 14.4 Å². The molecule has 0 aliphatic carbocycles. The van der Waals surface area contributed by atoms with E-state index in [0.717, 1.165) is 15.7 Å². The zero-order chi connectivity index (χ0) is 19.6. The monoisotopic (exact) mass is 456 g/mol. The summed E-state index contributed by atoms with van der Waals surface area (Å²) in [5, 5.41) is 3.00. The van der Waals surface area contributed by atoms with E-state index in [-0.39, 0.29) is 23.6 Å². The standard InChI is InChI=1S/C21H14BrClN2O3/c22-12-4-1-10(2-5-12)19(26)18-17-16(20(27)24-21(17)28)15-7-3-11-9-13(23)6-8-14(11)25(15)18/h1-9,15-18H,(H,24,27,28)/t15-,16-,17-,18+/m1/s1. The van der Waals surface area contributed by atoms with Gasteiger partial charge in [0.2, 0.25) is 11.8 Å². The fourth-order valence-corrected chi connectivity index (χ4v) is 4.99. The van der Waals surface area contributed by atoms with E-state index in [1.54, 1.807) is 30.3 Å². The summed E-state index contributed by atoms with van der Waals surface area (Å²) in [7, 11) is 0. The number of hydrogen-bond acceptors (Lipinski definition) is 4. The maximum atomic E-state index is 13.5. The number of imide groups is 1. The third-order valence-corrected chi connectivity index (χ3v) is 6.47. The van der Waals surface area contributed by atoms with Crippen LogP contribution in [0.25, 0.3) is 6.08 Å². The van der Waals surface area contributed by atoms with Crippen LogP contribution in [0.15, 0.2) is 53.0 Å². The number of amides is 2. The Balaban J connectivity index is 1.66. The average Bonchev–Trinajstić information content (AvgIpc) is 3.17. The molecule has 0 radical (unpaired) electrons. The Hall–Kier alpha value is -2.44. The van der Waals surface area contributed by atoms with Crippen molar-refractivity contribution >= 4 is 56.9 Å². The molecule has 28 heavy (non-hydrogen) atoms. The molecule has 1 N–H and O–H groups in total. The molecule has 140 valence electrons. The second kappa shape index (κ2) is 6.29. The van der Waals surface area contributed by atoms with Crippen LogP contribution in [0.1, 0.15) is 15.9 Å². The van der Waals surface area contributed by atoms with Gasteiger partial charge in [-0.15, -0.1) is 0 Å².